The van der Waals surface area contributed by atoms with E-state index in [1.165, 1.54) is 0 Å². The van der Waals surface area contributed by atoms with Crippen LogP contribution in [0.3, 0.4) is 0 Å². The second-order valence-electron chi connectivity index (χ2n) is 2.11. The topological polar surface area (TPSA) is 35.5 Å². The highest BCUT2D eigenvalue weighted by Crippen LogP contribution is 2.09. The van der Waals surface area contributed by atoms with Crippen molar-refractivity contribution in [1.82, 2.24) is 0 Å². The van der Waals surface area contributed by atoms with Gasteiger partial charge in [0.15, 0.2) is 0 Å². The summed E-state index contributed by atoms with van der Waals surface area (Å²) in [6, 6.07) is 8.55. The van der Waals surface area contributed by atoms with Crippen LogP contribution in [0.4, 0.5) is 4.39 Å². The Bertz CT molecular complexity index is 265. The van der Waals surface area contributed by atoms with Gasteiger partial charge >= 0.3 is 11.4 Å². The van der Waals surface area contributed by atoms with E-state index in [0.717, 1.165) is 0 Å². The van der Waals surface area contributed by atoms with Crippen molar-refractivity contribution >= 4 is 11.4 Å². The van der Waals surface area contributed by atoms with Crippen LogP contribution in [0.2, 0.25) is 0 Å². The van der Waals surface area contributed by atoms with E-state index >= 15 is 0 Å². The predicted octanol–water partition coefficient (Wildman–Crippen LogP) is 1.63. The number of alkyl halides is 1. The minimum absolute atomic E-state index is 0.223. The van der Waals surface area contributed by atoms with Gasteiger partial charge in [0.25, 0.3) is 0 Å². The second kappa shape index (κ2) is 5.66. The molecule has 1 atom stereocenters. The molecule has 0 N–H and O–H groups in total. The van der Waals surface area contributed by atoms with E-state index in [2.05, 4.69) is 4.18 Å². The molecule has 0 heterocycles. The van der Waals surface area contributed by atoms with Crippen LogP contribution in [-0.4, -0.2) is 17.5 Å². The lowest BCUT2D eigenvalue weighted by Gasteiger charge is -2.02. The Balaban J connectivity index is 2.37. The molecule has 0 aliphatic heterocycles. The van der Waals surface area contributed by atoms with Crippen LogP contribution < -0.4 is 4.18 Å². The standard InChI is InChI=1S/C8H9FO3S/c9-6-7-11-13(10)12-8-4-2-1-3-5-8/h1-5H,6-7H2. The zero-order valence-electron chi connectivity index (χ0n) is 6.81. The molecule has 72 valence electrons. The molecule has 3 nitrogen and oxygen atoms in total. The molecule has 0 radical (unpaired) electrons. The van der Waals surface area contributed by atoms with Gasteiger partial charge in [0.1, 0.15) is 12.4 Å². The second-order valence-corrected chi connectivity index (χ2v) is 2.92. The molecule has 0 spiro atoms. The molecule has 0 fully saturated rings. The molecule has 1 aromatic rings. The smallest absolute Gasteiger partial charge is 0.360 e. The molecule has 0 saturated heterocycles. The van der Waals surface area contributed by atoms with Crippen molar-refractivity contribution in [3.63, 3.8) is 0 Å². The number of halogens is 1. The number of rotatable bonds is 5. The minimum Gasteiger partial charge on any atom is -0.380 e. The number of hydrogen-bond acceptors (Lipinski definition) is 3. The van der Waals surface area contributed by atoms with Crippen LogP contribution in [0.25, 0.3) is 0 Å². The lowest BCUT2D eigenvalue weighted by Crippen LogP contribution is -2.06. The third-order valence-corrected chi connectivity index (χ3v) is 1.85. The maximum atomic E-state index is 11.6. The molecule has 1 unspecified atom stereocenters. The molecule has 1 aromatic carbocycles. The molecule has 0 aliphatic rings. The number of benzene rings is 1. The van der Waals surface area contributed by atoms with Gasteiger partial charge in [-0.1, -0.05) is 18.2 Å². The molecular weight excluding hydrogens is 195 g/mol. The predicted molar refractivity (Wildman–Crippen MR) is 47.1 cm³/mol. The third-order valence-electron chi connectivity index (χ3n) is 1.16. The van der Waals surface area contributed by atoms with E-state index in [9.17, 15) is 8.60 Å². The quantitative estimate of drug-likeness (QED) is 0.731. The van der Waals surface area contributed by atoms with Crippen molar-refractivity contribution < 1.29 is 17.0 Å². The summed E-state index contributed by atoms with van der Waals surface area (Å²) in [5.74, 6) is 0.430. The Morgan fingerprint density at radius 2 is 2.00 bits per heavy atom. The fraction of sp³-hybridized carbons (Fsp3) is 0.250. The maximum absolute atomic E-state index is 11.6. The normalized spacial score (nSPS) is 12.4. The molecule has 0 aliphatic carbocycles. The van der Waals surface area contributed by atoms with Crippen molar-refractivity contribution in [2.45, 2.75) is 0 Å². The molecule has 0 bridgehead atoms. The highest BCUT2D eigenvalue weighted by Gasteiger charge is 2.01. The van der Waals surface area contributed by atoms with Gasteiger partial charge in [0, 0.05) is 0 Å². The van der Waals surface area contributed by atoms with E-state index in [0.29, 0.717) is 5.75 Å². The van der Waals surface area contributed by atoms with Gasteiger partial charge in [-0.2, -0.15) is 4.21 Å². The van der Waals surface area contributed by atoms with E-state index in [4.69, 9.17) is 4.18 Å². The van der Waals surface area contributed by atoms with Gasteiger partial charge < -0.3 is 4.18 Å². The average Bonchev–Trinajstić information content (AvgIpc) is 2.16. The fourth-order valence-corrected chi connectivity index (χ4v) is 1.19. The van der Waals surface area contributed by atoms with E-state index < -0.39 is 18.0 Å². The Morgan fingerprint density at radius 1 is 1.31 bits per heavy atom. The van der Waals surface area contributed by atoms with Gasteiger partial charge in [0.2, 0.25) is 0 Å². The summed E-state index contributed by atoms with van der Waals surface area (Å²) in [7, 11) is 0. The summed E-state index contributed by atoms with van der Waals surface area (Å²) in [5, 5.41) is 0. The zero-order valence-corrected chi connectivity index (χ0v) is 7.63. The van der Waals surface area contributed by atoms with E-state index in [-0.39, 0.29) is 6.61 Å². The van der Waals surface area contributed by atoms with Crippen molar-refractivity contribution in [2.24, 2.45) is 0 Å². The largest absolute Gasteiger partial charge is 0.380 e. The van der Waals surface area contributed by atoms with Crippen LogP contribution in [0.15, 0.2) is 30.3 Å². The number of para-hydroxylation sites is 1. The van der Waals surface area contributed by atoms with Gasteiger partial charge in [-0.3, -0.25) is 4.18 Å². The first kappa shape index (κ1) is 10.1. The first-order chi connectivity index (χ1) is 6.33. The fourth-order valence-electron chi connectivity index (χ4n) is 0.678. The van der Waals surface area contributed by atoms with Crippen LogP contribution in [0.1, 0.15) is 0 Å². The Hall–Kier alpha value is -0.940. The van der Waals surface area contributed by atoms with Crippen molar-refractivity contribution in [3.05, 3.63) is 30.3 Å². The van der Waals surface area contributed by atoms with Crippen molar-refractivity contribution in [3.8, 4) is 5.75 Å². The SMILES string of the molecule is O=S(OCCF)Oc1ccccc1. The van der Waals surface area contributed by atoms with Crippen LogP contribution >= 0.6 is 0 Å². The monoisotopic (exact) mass is 204 g/mol. The molecule has 0 aromatic heterocycles. The van der Waals surface area contributed by atoms with Crippen molar-refractivity contribution in [1.29, 1.82) is 0 Å². The summed E-state index contributed by atoms with van der Waals surface area (Å²) in [6.45, 7) is -0.899. The molecule has 13 heavy (non-hydrogen) atoms. The first-order valence-electron chi connectivity index (χ1n) is 3.67. The highest BCUT2D eigenvalue weighted by molar-refractivity contribution is 7.75. The summed E-state index contributed by atoms with van der Waals surface area (Å²) < 4.78 is 31.7. The summed E-state index contributed by atoms with van der Waals surface area (Å²) in [4.78, 5) is 0. The van der Waals surface area contributed by atoms with Gasteiger partial charge in [-0.25, -0.2) is 4.39 Å². The zero-order chi connectivity index (χ0) is 9.52. The number of hydrogen-bond donors (Lipinski definition) is 0. The minimum atomic E-state index is -1.91. The molecular formula is C8H9FO3S. The lowest BCUT2D eigenvalue weighted by molar-refractivity contribution is 0.272. The van der Waals surface area contributed by atoms with E-state index in [1.54, 1.807) is 30.3 Å². The van der Waals surface area contributed by atoms with E-state index in [1.807, 2.05) is 0 Å². The van der Waals surface area contributed by atoms with Crippen LogP contribution in [0.5, 0.6) is 5.75 Å². The Labute approximate surface area is 78.3 Å². The molecule has 0 saturated carbocycles. The summed E-state index contributed by atoms with van der Waals surface area (Å²) in [6.07, 6.45) is 0. The third kappa shape index (κ3) is 4.00. The van der Waals surface area contributed by atoms with Crippen molar-refractivity contribution in [2.75, 3.05) is 13.3 Å². The van der Waals surface area contributed by atoms with Gasteiger partial charge in [-0.15, -0.1) is 0 Å². The highest BCUT2D eigenvalue weighted by atomic mass is 32.2. The van der Waals surface area contributed by atoms with Crippen LogP contribution in [-0.2, 0) is 15.5 Å². The van der Waals surface area contributed by atoms with Gasteiger partial charge in [-0.05, 0) is 12.1 Å². The van der Waals surface area contributed by atoms with Crippen LogP contribution in [0, 0.1) is 0 Å². The molecule has 0 amide bonds. The average molecular weight is 204 g/mol. The summed E-state index contributed by atoms with van der Waals surface area (Å²) in [5.41, 5.74) is 0. The Morgan fingerprint density at radius 3 is 2.62 bits per heavy atom. The summed E-state index contributed by atoms with van der Waals surface area (Å²) >= 11 is -1.91. The molecule has 5 heteroatoms. The Kier molecular flexibility index (Phi) is 4.42. The maximum Gasteiger partial charge on any atom is 0.360 e. The lowest BCUT2D eigenvalue weighted by atomic mass is 10.3. The molecule has 1 rings (SSSR count). The van der Waals surface area contributed by atoms with Gasteiger partial charge in [0.05, 0.1) is 6.61 Å². The first-order valence-corrected chi connectivity index (χ1v) is 4.67.